The largest absolute Gasteiger partial charge is 0.496 e. The summed E-state index contributed by atoms with van der Waals surface area (Å²) in [5, 5.41) is 2.71. The topological polar surface area (TPSA) is 21.3 Å². The van der Waals surface area contributed by atoms with Gasteiger partial charge in [-0.1, -0.05) is 6.92 Å². The van der Waals surface area contributed by atoms with Crippen molar-refractivity contribution < 1.29 is 13.5 Å². The van der Waals surface area contributed by atoms with Crippen molar-refractivity contribution in [2.75, 3.05) is 13.2 Å². The van der Waals surface area contributed by atoms with Crippen molar-refractivity contribution in [3.05, 3.63) is 11.8 Å². The Morgan fingerprint density at radius 2 is 2.38 bits per heavy atom. The van der Waals surface area contributed by atoms with Crippen LogP contribution in [0, 0.1) is 0 Å². The lowest BCUT2D eigenvalue weighted by atomic mass is 10.1. The van der Waals surface area contributed by atoms with Gasteiger partial charge < -0.3 is 10.1 Å². The molecule has 1 unspecified atom stereocenters. The van der Waals surface area contributed by atoms with E-state index in [0.717, 1.165) is 12.8 Å². The summed E-state index contributed by atoms with van der Waals surface area (Å²) in [6.07, 6.45) is 1.11. The van der Waals surface area contributed by atoms with E-state index in [9.17, 15) is 8.78 Å². The van der Waals surface area contributed by atoms with Gasteiger partial charge in [-0.25, -0.2) is 8.78 Å². The van der Waals surface area contributed by atoms with Crippen molar-refractivity contribution >= 4 is 0 Å². The molecule has 0 amide bonds. The van der Waals surface area contributed by atoms with Gasteiger partial charge in [-0.3, -0.25) is 0 Å². The third kappa shape index (κ3) is 2.95. The average molecular weight is 191 g/mol. The molecular weight excluding hydrogens is 176 g/mol. The zero-order valence-electron chi connectivity index (χ0n) is 7.72. The number of halogens is 2. The number of ether oxygens (including phenoxy) is 1. The summed E-state index contributed by atoms with van der Waals surface area (Å²) in [6, 6.07) is -0.926. The molecule has 0 aliphatic carbocycles. The Kier molecular flexibility index (Phi) is 4.15. The van der Waals surface area contributed by atoms with Crippen LogP contribution in [0.1, 0.15) is 19.8 Å². The van der Waals surface area contributed by atoms with Gasteiger partial charge in [0.2, 0.25) is 0 Å². The number of rotatable bonds is 4. The molecule has 0 bridgehead atoms. The fourth-order valence-electron chi connectivity index (χ4n) is 1.33. The van der Waals surface area contributed by atoms with Crippen molar-refractivity contribution in [2.24, 2.45) is 0 Å². The van der Waals surface area contributed by atoms with E-state index in [2.05, 4.69) is 5.32 Å². The highest BCUT2D eigenvalue weighted by Crippen LogP contribution is 2.18. The van der Waals surface area contributed by atoms with Crippen molar-refractivity contribution in [3.8, 4) is 0 Å². The lowest BCUT2D eigenvalue weighted by Gasteiger charge is -2.23. The monoisotopic (exact) mass is 191 g/mol. The first-order chi connectivity index (χ1) is 6.25. The van der Waals surface area contributed by atoms with Crippen LogP contribution in [0.25, 0.3) is 0 Å². The molecule has 0 aromatic heterocycles. The Bertz CT molecular complexity index is 182. The fourth-order valence-corrected chi connectivity index (χ4v) is 1.33. The summed E-state index contributed by atoms with van der Waals surface area (Å²) in [7, 11) is 0. The number of hydrogen-bond donors (Lipinski definition) is 1. The summed E-state index contributed by atoms with van der Waals surface area (Å²) in [4.78, 5) is 0. The number of nitrogens with one attached hydrogen (secondary N) is 1. The molecule has 1 rings (SSSR count). The van der Waals surface area contributed by atoms with Gasteiger partial charge in [0.05, 0.1) is 6.61 Å². The number of allylic oxidation sites excluding steroid dienone is 1. The fraction of sp³-hybridized carbons (Fsp3) is 0.778. The van der Waals surface area contributed by atoms with Crippen LogP contribution in [0.4, 0.5) is 8.78 Å². The summed E-state index contributed by atoms with van der Waals surface area (Å²) in [6.45, 7) is 2.88. The minimum atomic E-state index is -2.40. The molecule has 1 N–H and O–H groups in total. The Labute approximate surface area is 77.0 Å². The average Bonchev–Trinajstić information content (AvgIpc) is 2.15. The second-order valence-electron chi connectivity index (χ2n) is 2.97. The van der Waals surface area contributed by atoms with Crippen LogP contribution in [-0.4, -0.2) is 25.6 Å². The van der Waals surface area contributed by atoms with Gasteiger partial charge in [-0.15, -0.1) is 0 Å². The van der Waals surface area contributed by atoms with E-state index in [1.165, 1.54) is 0 Å². The van der Waals surface area contributed by atoms with Gasteiger partial charge in [-0.2, -0.15) is 0 Å². The van der Waals surface area contributed by atoms with Gasteiger partial charge in [-0.05, 0) is 25.5 Å². The van der Waals surface area contributed by atoms with Crippen LogP contribution in [0.5, 0.6) is 0 Å². The van der Waals surface area contributed by atoms with E-state index in [1.54, 1.807) is 13.0 Å². The SMILES string of the molecule is CCNC(C1=CCCCO1)C(F)F. The number of likely N-dealkylation sites (N-methyl/N-ethyl adjacent to an activating group) is 1. The second-order valence-corrected chi connectivity index (χ2v) is 2.97. The molecule has 13 heavy (non-hydrogen) atoms. The predicted octanol–water partition coefficient (Wildman–Crippen LogP) is 1.92. The minimum absolute atomic E-state index is 0.406. The molecule has 0 fully saturated rings. The Morgan fingerprint density at radius 1 is 1.62 bits per heavy atom. The number of alkyl halides is 2. The minimum Gasteiger partial charge on any atom is -0.496 e. The van der Waals surface area contributed by atoms with Gasteiger partial charge >= 0.3 is 0 Å². The van der Waals surface area contributed by atoms with Gasteiger partial charge in [0.1, 0.15) is 11.8 Å². The molecule has 1 atom stereocenters. The van der Waals surface area contributed by atoms with Crippen LogP contribution < -0.4 is 5.32 Å². The molecule has 1 heterocycles. The zero-order chi connectivity index (χ0) is 9.68. The Balaban J connectivity index is 2.56. The van der Waals surface area contributed by atoms with Crippen LogP contribution in [-0.2, 0) is 4.74 Å². The van der Waals surface area contributed by atoms with Gasteiger partial charge in [0, 0.05) is 0 Å². The molecular formula is C9H15F2NO. The first kappa shape index (κ1) is 10.4. The standard InChI is InChI=1S/C9H15F2NO/c1-2-12-8(9(10)11)7-5-3-4-6-13-7/h5,8-9,12H,2-4,6H2,1H3. The second kappa shape index (κ2) is 5.17. The quantitative estimate of drug-likeness (QED) is 0.733. The molecule has 0 aromatic rings. The molecule has 0 saturated carbocycles. The molecule has 2 nitrogen and oxygen atoms in total. The molecule has 0 saturated heterocycles. The normalized spacial score (nSPS) is 19.5. The van der Waals surface area contributed by atoms with Crippen molar-refractivity contribution in [1.29, 1.82) is 0 Å². The lowest BCUT2D eigenvalue weighted by molar-refractivity contribution is 0.0690. The third-order valence-corrected chi connectivity index (χ3v) is 1.95. The molecule has 76 valence electrons. The van der Waals surface area contributed by atoms with E-state index in [4.69, 9.17) is 4.74 Å². The smallest absolute Gasteiger partial charge is 0.260 e. The van der Waals surface area contributed by atoms with Crippen molar-refractivity contribution in [1.82, 2.24) is 5.32 Å². The van der Waals surface area contributed by atoms with Crippen molar-refractivity contribution in [2.45, 2.75) is 32.2 Å². The van der Waals surface area contributed by atoms with Crippen molar-refractivity contribution in [3.63, 3.8) is 0 Å². The maximum Gasteiger partial charge on any atom is 0.260 e. The van der Waals surface area contributed by atoms with Gasteiger partial charge in [0.15, 0.2) is 0 Å². The highest BCUT2D eigenvalue weighted by atomic mass is 19.3. The molecule has 1 aliphatic rings. The highest BCUT2D eigenvalue weighted by Gasteiger charge is 2.25. The summed E-state index contributed by atoms with van der Waals surface area (Å²) in [5.74, 6) is 0.406. The Hall–Kier alpha value is -0.640. The van der Waals surface area contributed by atoms with E-state index in [0.29, 0.717) is 18.9 Å². The number of hydrogen-bond acceptors (Lipinski definition) is 2. The predicted molar refractivity (Wildman–Crippen MR) is 46.7 cm³/mol. The van der Waals surface area contributed by atoms with Gasteiger partial charge in [0.25, 0.3) is 6.43 Å². The third-order valence-electron chi connectivity index (χ3n) is 1.95. The first-order valence-corrected chi connectivity index (χ1v) is 4.60. The summed E-state index contributed by atoms with van der Waals surface area (Å²) >= 11 is 0. The maximum atomic E-state index is 12.5. The van der Waals surface area contributed by atoms with E-state index < -0.39 is 12.5 Å². The summed E-state index contributed by atoms with van der Waals surface area (Å²) < 4.78 is 30.1. The Morgan fingerprint density at radius 3 is 2.85 bits per heavy atom. The van der Waals surface area contributed by atoms with E-state index >= 15 is 0 Å². The van der Waals surface area contributed by atoms with E-state index in [-0.39, 0.29) is 0 Å². The molecule has 4 heteroatoms. The summed E-state index contributed by atoms with van der Waals surface area (Å²) in [5.41, 5.74) is 0. The van der Waals surface area contributed by atoms with Crippen LogP contribution >= 0.6 is 0 Å². The maximum absolute atomic E-state index is 12.5. The molecule has 0 radical (unpaired) electrons. The van der Waals surface area contributed by atoms with Crippen LogP contribution in [0.2, 0.25) is 0 Å². The van der Waals surface area contributed by atoms with E-state index in [1.807, 2.05) is 0 Å². The van der Waals surface area contributed by atoms with Crippen LogP contribution in [0.15, 0.2) is 11.8 Å². The molecule has 1 aliphatic heterocycles. The lowest BCUT2D eigenvalue weighted by Crippen LogP contribution is -2.38. The first-order valence-electron chi connectivity index (χ1n) is 4.60. The zero-order valence-corrected chi connectivity index (χ0v) is 7.72. The van der Waals surface area contributed by atoms with Crippen LogP contribution in [0.3, 0.4) is 0 Å². The highest BCUT2D eigenvalue weighted by molar-refractivity contribution is 5.06. The molecule has 0 aromatic carbocycles. The molecule has 0 spiro atoms.